The molecule has 0 radical (unpaired) electrons. The molecule has 2 amide bonds. The number of ether oxygens (including phenoxy) is 1. The Labute approximate surface area is 217 Å². The molecule has 2 aromatic rings. The van der Waals surface area contributed by atoms with Gasteiger partial charge in [0, 0.05) is 17.9 Å². The summed E-state index contributed by atoms with van der Waals surface area (Å²) in [6.07, 6.45) is 1.52. The lowest BCUT2D eigenvalue weighted by Crippen LogP contribution is -2.52. The van der Waals surface area contributed by atoms with Gasteiger partial charge in [-0.1, -0.05) is 30.3 Å². The van der Waals surface area contributed by atoms with Crippen LogP contribution >= 0.6 is 0 Å². The molecule has 2 aliphatic heterocycles. The lowest BCUT2D eigenvalue weighted by atomic mass is 9.89. The van der Waals surface area contributed by atoms with Crippen molar-refractivity contribution in [3.8, 4) is 11.8 Å². The van der Waals surface area contributed by atoms with Gasteiger partial charge in [-0.05, 0) is 63.8 Å². The average molecular weight is 500 g/mol. The molecule has 5 rings (SSSR count). The van der Waals surface area contributed by atoms with Gasteiger partial charge in [0.25, 0.3) is 0 Å². The fourth-order valence-corrected chi connectivity index (χ4v) is 5.70. The van der Waals surface area contributed by atoms with Crippen molar-refractivity contribution >= 4 is 17.8 Å². The molecule has 0 aromatic heterocycles. The van der Waals surface area contributed by atoms with Gasteiger partial charge in [0.1, 0.15) is 11.4 Å². The minimum absolute atomic E-state index is 0.0403. The number of nitriles is 1. The number of amides is 2. The minimum atomic E-state index is -0.573. The molecule has 2 heterocycles. The summed E-state index contributed by atoms with van der Waals surface area (Å²) in [6, 6.07) is 16.5. The third kappa shape index (κ3) is 4.91. The van der Waals surface area contributed by atoms with Crippen LogP contribution in [-0.4, -0.2) is 33.8 Å². The Balaban J connectivity index is 1.41. The molecule has 1 aliphatic carbocycles. The van der Waals surface area contributed by atoms with E-state index in [-0.39, 0.29) is 42.1 Å². The first-order valence-electron chi connectivity index (χ1n) is 12.7. The smallest absolute Gasteiger partial charge is 0.232 e. The van der Waals surface area contributed by atoms with Gasteiger partial charge < -0.3 is 15.8 Å². The number of aliphatic imine (C=N–C) groups is 1. The van der Waals surface area contributed by atoms with Crippen LogP contribution in [0.25, 0.3) is 0 Å². The molecule has 0 spiro atoms. The van der Waals surface area contributed by atoms with Crippen molar-refractivity contribution in [2.45, 2.75) is 70.2 Å². The molecule has 4 atom stereocenters. The van der Waals surface area contributed by atoms with E-state index in [1.165, 1.54) is 0 Å². The van der Waals surface area contributed by atoms with Gasteiger partial charge in [-0.15, -0.1) is 0 Å². The van der Waals surface area contributed by atoms with E-state index in [0.717, 1.165) is 16.9 Å². The van der Waals surface area contributed by atoms with Gasteiger partial charge >= 0.3 is 0 Å². The van der Waals surface area contributed by atoms with Gasteiger partial charge in [-0.2, -0.15) is 5.26 Å². The first kappa shape index (κ1) is 24.8. The molecule has 3 N–H and O–H groups in total. The molecule has 8 heteroatoms. The number of rotatable bonds is 5. The Kier molecular flexibility index (Phi) is 5.98. The topological polar surface area (TPSA) is 121 Å². The summed E-state index contributed by atoms with van der Waals surface area (Å²) < 4.78 is 6.12. The number of nitrogens with two attached hydrogens (primary N) is 1. The van der Waals surface area contributed by atoms with Crippen molar-refractivity contribution in [3.63, 3.8) is 0 Å². The predicted octanol–water partition coefficient (Wildman–Crippen LogP) is 3.98. The highest BCUT2D eigenvalue weighted by molar-refractivity contribution is 5.99. The van der Waals surface area contributed by atoms with Gasteiger partial charge in [0.05, 0.1) is 35.7 Å². The van der Waals surface area contributed by atoms with Crippen LogP contribution in [0.3, 0.4) is 0 Å². The number of fused-ring (bicyclic) bond motifs is 1. The van der Waals surface area contributed by atoms with E-state index in [2.05, 4.69) is 16.4 Å². The molecule has 8 nitrogen and oxygen atoms in total. The SMILES string of the molecule is CC1(C)CC(=O)N([C@@H](c2ccc(C#N)cc2)C2C[C@H]2C(=O)N[C@H]2CC(C)(C)Oc3ccccc32)C(N)=N1. The number of hydrogen-bond donors (Lipinski definition) is 2. The average Bonchev–Trinajstić information content (AvgIpc) is 3.61. The fraction of sp³-hybridized carbons (Fsp3) is 0.448. The van der Waals surface area contributed by atoms with Crippen LogP contribution in [0.2, 0.25) is 0 Å². The van der Waals surface area contributed by atoms with E-state index >= 15 is 0 Å². The number of carbonyl (C=O) groups is 2. The van der Waals surface area contributed by atoms with Crippen molar-refractivity contribution < 1.29 is 14.3 Å². The Morgan fingerprint density at radius 2 is 1.89 bits per heavy atom. The molecule has 0 saturated heterocycles. The summed E-state index contributed by atoms with van der Waals surface area (Å²) in [7, 11) is 0. The van der Waals surface area contributed by atoms with Crippen LogP contribution < -0.4 is 15.8 Å². The molecular weight excluding hydrogens is 466 g/mol. The number of guanidine groups is 1. The van der Waals surface area contributed by atoms with E-state index < -0.39 is 17.2 Å². The van der Waals surface area contributed by atoms with Gasteiger partial charge in [0.15, 0.2) is 5.96 Å². The standard InChI is InChI=1S/C29H33N5O3/c1-28(2)15-24(35)34(27(31)33-28)25(18-11-9-17(16-30)10-12-18)20-13-21(20)26(36)32-22-14-29(3,4)37-23-8-6-5-7-19(22)23/h5-12,20-22,25H,13-15H2,1-4H3,(H2,31,33)(H,32,36)/t20?,21-,22+,25+/m1/s1. The normalized spacial score (nSPS) is 26.1. The zero-order valence-corrected chi connectivity index (χ0v) is 21.7. The lowest BCUT2D eigenvalue weighted by Gasteiger charge is -2.39. The van der Waals surface area contributed by atoms with E-state index in [0.29, 0.717) is 18.4 Å². The quantitative estimate of drug-likeness (QED) is 0.645. The maximum atomic E-state index is 13.5. The molecule has 1 fully saturated rings. The zero-order chi connectivity index (χ0) is 26.5. The minimum Gasteiger partial charge on any atom is -0.487 e. The third-order valence-electron chi connectivity index (χ3n) is 7.45. The first-order chi connectivity index (χ1) is 17.5. The first-order valence-corrected chi connectivity index (χ1v) is 12.7. The summed E-state index contributed by atoms with van der Waals surface area (Å²) in [5.41, 5.74) is 7.71. The Morgan fingerprint density at radius 3 is 2.57 bits per heavy atom. The van der Waals surface area contributed by atoms with Crippen LogP contribution in [0, 0.1) is 23.2 Å². The highest BCUT2D eigenvalue weighted by atomic mass is 16.5. The number of hydrogen-bond acceptors (Lipinski definition) is 6. The van der Waals surface area contributed by atoms with Crippen LogP contribution in [0.15, 0.2) is 53.5 Å². The van der Waals surface area contributed by atoms with Gasteiger partial charge in [0.2, 0.25) is 11.8 Å². The Morgan fingerprint density at radius 1 is 1.19 bits per heavy atom. The van der Waals surface area contributed by atoms with E-state index in [1.54, 1.807) is 17.0 Å². The van der Waals surface area contributed by atoms with Gasteiger partial charge in [-0.3, -0.25) is 14.5 Å². The van der Waals surface area contributed by atoms with Crippen LogP contribution in [0.1, 0.15) is 75.7 Å². The van der Waals surface area contributed by atoms with E-state index in [1.807, 2.05) is 64.1 Å². The highest BCUT2D eigenvalue weighted by Gasteiger charge is 2.53. The number of nitrogens with zero attached hydrogens (tertiary/aromatic N) is 3. The second kappa shape index (κ2) is 8.91. The predicted molar refractivity (Wildman–Crippen MR) is 139 cm³/mol. The van der Waals surface area contributed by atoms with Crippen molar-refractivity contribution in [3.05, 3.63) is 65.2 Å². The second-order valence-corrected chi connectivity index (χ2v) is 11.6. The molecule has 1 saturated carbocycles. The fourth-order valence-electron chi connectivity index (χ4n) is 5.70. The van der Waals surface area contributed by atoms with E-state index in [4.69, 9.17) is 10.5 Å². The third-order valence-corrected chi connectivity index (χ3v) is 7.45. The summed E-state index contributed by atoms with van der Waals surface area (Å²) in [5.74, 6) is 0.419. The number of benzene rings is 2. The number of carbonyl (C=O) groups excluding carboxylic acids is 2. The van der Waals surface area contributed by atoms with Crippen molar-refractivity contribution in [2.24, 2.45) is 22.6 Å². The highest BCUT2D eigenvalue weighted by Crippen LogP contribution is 2.51. The van der Waals surface area contributed by atoms with Crippen molar-refractivity contribution in [2.75, 3.05) is 0 Å². The van der Waals surface area contributed by atoms with Crippen molar-refractivity contribution in [1.29, 1.82) is 5.26 Å². The Bertz CT molecular complexity index is 1310. The van der Waals surface area contributed by atoms with Crippen LogP contribution in [0.5, 0.6) is 5.75 Å². The number of nitrogens with one attached hydrogen (secondary N) is 1. The van der Waals surface area contributed by atoms with Crippen LogP contribution in [-0.2, 0) is 9.59 Å². The molecular formula is C29H33N5O3. The molecule has 192 valence electrons. The lowest BCUT2D eigenvalue weighted by molar-refractivity contribution is -0.132. The van der Waals surface area contributed by atoms with Crippen molar-refractivity contribution in [1.82, 2.24) is 10.2 Å². The summed E-state index contributed by atoms with van der Waals surface area (Å²) in [6.45, 7) is 7.81. The molecule has 0 bridgehead atoms. The molecule has 1 unspecified atom stereocenters. The Hall–Kier alpha value is -3.86. The second-order valence-electron chi connectivity index (χ2n) is 11.6. The monoisotopic (exact) mass is 499 g/mol. The van der Waals surface area contributed by atoms with E-state index in [9.17, 15) is 14.9 Å². The maximum Gasteiger partial charge on any atom is 0.232 e. The molecule has 2 aromatic carbocycles. The number of para-hydroxylation sites is 1. The largest absolute Gasteiger partial charge is 0.487 e. The summed E-state index contributed by atoms with van der Waals surface area (Å²) >= 11 is 0. The zero-order valence-electron chi connectivity index (χ0n) is 21.7. The molecule has 3 aliphatic rings. The maximum absolute atomic E-state index is 13.5. The van der Waals surface area contributed by atoms with Crippen LogP contribution in [0.4, 0.5) is 0 Å². The molecule has 37 heavy (non-hydrogen) atoms. The summed E-state index contributed by atoms with van der Waals surface area (Å²) in [5, 5.41) is 12.5. The summed E-state index contributed by atoms with van der Waals surface area (Å²) in [4.78, 5) is 32.9. The van der Waals surface area contributed by atoms with Gasteiger partial charge in [-0.25, -0.2) is 4.99 Å².